The minimum absolute atomic E-state index is 0.294. The first-order chi connectivity index (χ1) is 12.4. The molecule has 0 atom stereocenters. The number of amides is 2. The fourth-order valence-corrected chi connectivity index (χ4v) is 2.46. The second-order valence-electron chi connectivity index (χ2n) is 5.29. The van der Waals surface area contributed by atoms with Crippen molar-refractivity contribution in [2.45, 2.75) is 6.92 Å². The highest BCUT2D eigenvalue weighted by atomic mass is 79.9. The Morgan fingerprint density at radius 2 is 1.92 bits per heavy atom. The van der Waals surface area contributed by atoms with Gasteiger partial charge in [-0.25, -0.2) is 9.18 Å². The number of hydrogen-bond donors (Lipinski definition) is 1. The van der Waals surface area contributed by atoms with Crippen LogP contribution in [0.2, 0.25) is 0 Å². The molecule has 2 aromatic carbocycles. The highest BCUT2D eigenvalue weighted by Crippen LogP contribution is 2.19. The van der Waals surface area contributed by atoms with Gasteiger partial charge in [0.15, 0.2) is 0 Å². The van der Waals surface area contributed by atoms with Crippen molar-refractivity contribution in [1.29, 1.82) is 0 Å². The van der Waals surface area contributed by atoms with Crippen molar-refractivity contribution < 1.29 is 18.7 Å². The second kappa shape index (κ2) is 9.15. The topological polar surface area (TPSA) is 58.6 Å². The van der Waals surface area contributed by atoms with Gasteiger partial charge in [0.1, 0.15) is 5.82 Å². The maximum absolute atomic E-state index is 13.6. The summed E-state index contributed by atoms with van der Waals surface area (Å²) in [5.74, 6) is -0.806. The number of carbonyl (C=O) groups is 2. The van der Waals surface area contributed by atoms with E-state index < -0.39 is 17.8 Å². The molecule has 136 valence electrons. The lowest BCUT2D eigenvalue weighted by atomic mass is 10.2. The summed E-state index contributed by atoms with van der Waals surface area (Å²) in [6, 6.07) is 11.2. The minimum atomic E-state index is -0.455. The largest absolute Gasteiger partial charge is 0.449 e. The summed E-state index contributed by atoms with van der Waals surface area (Å²) in [7, 11) is 1.60. The predicted molar refractivity (Wildman–Crippen MR) is 104 cm³/mol. The van der Waals surface area contributed by atoms with Gasteiger partial charge in [-0.05, 0) is 55.5 Å². The lowest BCUT2D eigenvalue weighted by molar-refractivity contribution is -0.111. The normalized spacial score (nSPS) is 10.6. The van der Waals surface area contributed by atoms with E-state index in [1.54, 1.807) is 50.4 Å². The number of nitrogens with zero attached hydrogens (tertiary/aromatic N) is 1. The van der Waals surface area contributed by atoms with Crippen LogP contribution in [0.3, 0.4) is 0 Å². The predicted octanol–water partition coefficient (Wildman–Crippen LogP) is 4.83. The summed E-state index contributed by atoms with van der Waals surface area (Å²) in [5.41, 5.74) is 1.49. The molecular formula is C19H18BrFN2O3. The Balaban J connectivity index is 2.00. The number of anilines is 2. The molecule has 0 bridgehead atoms. The van der Waals surface area contributed by atoms with E-state index in [0.29, 0.717) is 23.5 Å². The average Bonchev–Trinajstić information content (AvgIpc) is 2.62. The maximum Gasteiger partial charge on any atom is 0.413 e. The third-order valence-corrected chi connectivity index (χ3v) is 3.93. The molecule has 2 aromatic rings. The summed E-state index contributed by atoms with van der Waals surface area (Å²) in [6.45, 7) is 2.03. The first kappa shape index (κ1) is 19.7. The van der Waals surface area contributed by atoms with Gasteiger partial charge in [-0.15, -0.1) is 0 Å². The zero-order valence-corrected chi connectivity index (χ0v) is 15.9. The number of benzene rings is 2. The maximum atomic E-state index is 13.6. The highest BCUT2D eigenvalue weighted by Gasteiger charge is 2.11. The van der Waals surface area contributed by atoms with Crippen LogP contribution in [0, 0.1) is 5.82 Å². The van der Waals surface area contributed by atoms with Crippen LogP contribution < -0.4 is 10.2 Å². The van der Waals surface area contributed by atoms with Crippen LogP contribution in [0.1, 0.15) is 12.5 Å². The Labute approximate surface area is 159 Å². The number of halogens is 2. The van der Waals surface area contributed by atoms with Gasteiger partial charge < -0.3 is 10.1 Å². The Morgan fingerprint density at radius 1 is 1.23 bits per heavy atom. The van der Waals surface area contributed by atoms with E-state index in [4.69, 9.17) is 4.74 Å². The molecule has 1 N–H and O–H groups in total. The molecular weight excluding hydrogens is 403 g/mol. The smallest absolute Gasteiger partial charge is 0.413 e. The Hall–Kier alpha value is -2.67. The van der Waals surface area contributed by atoms with E-state index in [2.05, 4.69) is 21.2 Å². The number of hydrogen-bond acceptors (Lipinski definition) is 3. The molecule has 26 heavy (non-hydrogen) atoms. The quantitative estimate of drug-likeness (QED) is 0.704. The molecule has 0 saturated carbocycles. The molecule has 0 saturated heterocycles. The van der Waals surface area contributed by atoms with Crippen molar-refractivity contribution in [2.24, 2.45) is 0 Å². The molecule has 2 rings (SSSR count). The van der Waals surface area contributed by atoms with Gasteiger partial charge in [-0.2, -0.15) is 0 Å². The van der Waals surface area contributed by atoms with Gasteiger partial charge >= 0.3 is 6.09 Å². The van der Waals surface area contributed by atoms with Gasteiger partial charge in [0.25, 0.3) is 0 Å². The third-order valence-electron chi connectivity index (χ3n) is 3.44. The number of nitrogens with one attached hydrogen (secondary N) is 1. The lowest BCUT2D eigenvalue weighted by Gasteiger charge is -2.16. The van der Waals surface area contributed by atoms with Crippen LogP contribution in [0.25, 0.3) is 6.08 Å². The van der Waals surface area contributed by atoms with E-state index in [0.717, 1.165) is 4.47 Å². The molecule has 0 aliphatic heterocycles. The molecule has 0 unspecified atom stereocenters. The Bertz CT molecular complexity index is 822. The molecule has 0 aromatic heterocycles. The molecule has 5 nitrogen and oxygen atoms in total. The van der Waals surface area contributed by atoms with Crippen LogP contribution in [-0.2, 0) is 9.53 Å². The van der Waals surface area contributed by atoms with E-state index in [1.807, 2.05) is 0 Å². The molecule has 7 heteroatoms. The Kier molecular flexibility index (Phi) is 6.91. The standard InChI is InChI=1S/C19H18BrFN2O3/c1-3-26-19(25)23(2)16-8-6-15(7-9-16)22-18(24)11-4-13-12-14(20)5-10-17(13)21/h4-12H,3H2,1-2H3,(H,22,24)/b11-4+. The van der Waals surface area contributed by atoms with Crippen molar-refractivity contribution in [3.8, 4) is 0 Å². The molecule has 2 amide bonds. The van der Waals surface area contributed by atoms with Gasteiger partial charge in [0.2, 0.25) is 5.91 Å². The van der Waals surface area contributed by atoms with Crippen LogP contribution in [-0.4, -0.2) is 25.7 Å². The number of ether oxygens (including phenoxy) is 1. The summed E-state index contributed by atoms with van der Waals surface area (Å²) in [6.07, 6.45) is 2.20. The number of rotatable bonds is 5. The lowest BCUT2D eigenvalue weighted by Crippen LogP contribution is -2.26. The molecule has 0 aliphatic carbocycles. The van der Waals surface area contributed by atoms with E-state index in [-0.39, 0.29) is 0 Å². The summed E-state index contributed by atoms with van der Waals surface area (Å²) in [5, 5.41) is 2.67. The molecule has 0 spiro atoms. The molecule has 0 fully saturated rings. The second-order valence-corrected chi connectivity index (χ2v) is 6.21. The van der Waals surface area contributed by atoms with Crippen molar-refractivity contribution in [3.05, 3.63) is 64.4 Å². The van der Waals surface area contributed by atoms with Crippen molar-refractivity contribution >= 4 is 45.4 Å². The third kappa shape index (κ3) is 5.42. The van der Waals surface area contributed by atoms with Crippen molar-refractivity contribution in [2.75, 3.05) is 23.9 Å². The fourth-order valence-electron chi connectivity index (χ4n) is 2.09. The van der Waals surface area contributed by atoms with E-state index >= 15 is 0 Å². The van der Waals surface area contributed by atoms with Gasteiger partial charge in [0, 0.05) is 34.5 Å². The van der Waals surface area contributed by atoms with Crippen molar-refractivity contribution in [1.82, 2.24) is 0 Å². The van der Waals surface area contributed by atoms with Gasteiger partial charge in [0.05, 0.1) is 6.61 Å². The Morgan fingerprint density at radius 3 is 2.58 bits per heavy atom. The average molecular weight is 421 g/mol. The molecule has 0 radical (unpaired) electrons. The fraction of sp³-hybridized carbons (Fsp3) is 0.158. The van der Waals surface area contributed by atoms with E-state index in [1.165, 1.54) is 23.1 Å². The SMILES string of the molecule is CCOC(=O)N(C)c1ccc(NC(=O)/C=C/c2cc(Br)ccc2F)cc1. The first-order valence-corrected chi connectivity index (χ1v) is 8.64. The summed E-state index contributed by atoms with van der Waals surface area (Å²) < 4.78 is 19.3. The van der Waals surface area contributed by atoms with Crippen molar-refractivity contribution in [3.63, 3.8) is 0 Å². The zero-order chi connectivity index (χ0) is 19.1. The molecule has 0 heterocycles. The molecule has 0 aliphatic rings. The van der Waals surface area contributed by atoms with Gasteiger partial charge in [-0.1, -0.05) is 15.9 Å². The summed E-state index contributed by atoms with van der Waals surface area (Å²) in [4.78, 5) is 25.0. The van der Waals surface area contributed by atoms with Crippen LogP contribution in [0.5, 0.6) is 0 Å². The van der Waals surface area contributed by atoms with Crippen LogP contribution >= 0.6 is 15.9 Å². The van der Waals surface area contributed by atoms with Gasteiger partial charge in [-0.3, -0.25) is 9.69 Å². The van der Waals surface area contributed by atoms with E-state index in [9.17, 15) is 14.0 Å². The zero-order valence-electron chi connectivity index (χ0n) is 14.3. The monoisotopic (exact) mass is 420 g/mol. The highest BCUT2D eigenvalue weighted by molar-refractivity contribution is 9.10. The first-order valence-electron chi connectivity index (χ1n) is 7.85. The number of carbonyl (C=O) groups excluding carboxylic acids is 2. The minimum Gasteiger partial charge on any atom is -0.449 e. The summed E-state index contributed by atoms with van der Waals surface area (Å²) >= 11 is 3.26. The van der Waals surface area contributed by atoms with Crippen LogP contribution in [0.4, 0.5) is 20.6 Å². The van der Waals surface area contributed by atoms with Crippen LogP contribution in [0.15, 0.2) is 53.0 Å².